The highest BCUT2D eigenvalue weighted by Crippen LogP contribution is 2.06. The van der Waals surface area contributed by atoms with E-state index in [-0.39, 0.29) is 12.3 Å². The second-order valence-corrected chi connectivity index (χ2v) is 3.48. The Morgan fingerprint density at radius 2 is 1.94 bits per heavy atom. The van der Waals surface area contributed by atoms with E-state index in [1.54, 1.807) is 24.3 Å². The van der Waals surface area contributed by atoms with Gasteiger partial charge in [-0.15, -0.1) is 0 Å². The summed E-state index contributed by atoms with van der Waals surface area (Å²) in [6, 6.07) is 8.72. The molecule has 1 aromatic heterocycles. The van der Waals surface area contributed by atoms with Crippen molar-refractivity contribution in [3.8, 4) is 0 Å². The van der Waals surface area contributed by atoms with Crippen molar-refractivity contribution in [2.24, 2.45) is 0 Å². The van der Waals surface area contributed by atoms with Crippen molar-refractivity contribution in [1.29, 1.82) is 0 Å². The van der Waals surface area contributed by atoms with Gasteiger partial charge in [0.05, 0.1) is 6.42 Å². The molecular weight excluding hydrogens is 218 g/mol. The molecule has 2 aromatic rings. The van der Waals surface area contributed by atoms with Gasteiger partial charge in [-0.05, 0) is 12.1 Å². The van der Waals surface area contributed by atoms with Crippen molar-refractivity contribution in [2.45, 2.75) is 6.42 Å². The third-order valence-electron chi connectivity index (χ3n) is 2.28. The molecule has 0 atom stereocenters. The smallest absolute Gasteiger partial charge is 0.263 e. The maximum absolute atomic E-state index is 12.1. The number of hydrogen-bond donors (Lipinski definition) is 0. The lowest BCUT2D eigenvalue weighted by Crippen LogP contribution is -2.17. The Bertz CT molecular complexity index is 546. The van der Waals surface area contributed by atoms with E-state index in [4.69, 9.17) is 5.73 Å². The van der Waals surface area contributed by atoms with Crippen molar-refractivity contribution in [3.63, 3.8) is 0 Å². The maximum Gasteiger partial charge on any atom is 0.263 e. The van der Waals surface area contributed by atoms with E-state index in [9.17, 15) is 9.59 Å². The summed E-state index contributed by atoms with van der Waals surface area (Å²) in [5, 5.41) is 0. The molecule has 1 N–H and O–H groups in total. The number of imidazole rings is 1. The highest BCUT2D eigenvalue weighted by atomic mass is 16.2. The van der Waals surface area contributed by atoms with E-state index in [0.717, 1.165) is 0 Å². The van der Waals surface area contributed by atoms with Gasteiger partial charge in [0.15, 0.2) is 0 Å². The zero-order chi connectivity index (χ0) is 12.3. The number of nitrogens with zero attached hydrogens (tertiary/aromatic N) is 2. The first-order chi connectivity index (χ1) is 8.18. The summed E-state index contributed by atoms with van der Waals surface area (Å²) < 4.78 is 1.29. The average molecular weight is 228 g/mol. The molecule has 0 aliphatic rings. The van der Waals surface area contributed by atoms with Crippen LogP contribution in [0, 0.1) is 0 Å². The van der Waals surface area contributed by atoms with Crippen molar-refractivity contribution < 1.29 is 9.59 Å². The van der Waals surface area contributed by atoms with Crippen LogP contribution in [-0.4, -0.2) is 21.4 Å². The van der Waals surface area contributed by atoms with Crippen LogP contribution in [0.25, 0.3) is 0 Å². The summed E-state index contributed by atoms with van der Waals surface area (Å²) in [4.78, 5) is 26.7. The minimum atomic E-state index is -0.765. The number of hydrogen-bond acceptors (Lipinski definition) is 3. The van der Waals surface area contributed by atoms with Crippen molar-refractivity contribution in [1.82, 2.24) is 15.3 Å². The summed E-state index contributed by atoms with van der Waals surface area (Å²) >= 11 is 0. The topological polar surface area (TPSA) is 75.8 Å². The van der Waals surface area contributed by atoms with Gasteiger partial charge in [0.25, 0.3) is 5.91 Å². The molecule has 0 bridgehead atoms. The van der Waals surface area contributed by atoms with E-state index in [1.165, 1.54) is 17.0 Å². The SMILES string of the molecule is [NH]C(=O)Cc1nccn1C(=O)c1ccccc1. The molecule has 0 fully saturated rings. The molecule has 1 heterocycles. The van der Waals surface area contributed by atoms with Crippen LogP contribution in [0.2, 0.25) is 0 Å². The molecule has 5 heteroatoms. The molecule has 5 nitrogen and oxygen atoms in total. The van der Waals surface area contributed by atoms with Crippen molar-refractivity contribution in [2.75, 3.05) is 0 Å². The van der Waals surface area contributed by atoms with Gasteiger partial charge >= 0.3 is 0 Å². The van der Waals surface area contributed by atoms with Crippen LogP contribution >= 0.6 is 0 Å². The van der Waals surface area contributed by atoms with Crippen LogP contribution in [0.4, 0.5) is 0 Å². The van der Waals surface area contributed by atoms with Gasteiger partial charge in [-0.2, -0.15) is 0 Å². The molecular formula is C12H10N3O2. The van der Waals surface area contributed by atoms with E-state index in [1.807, 2.05) is 6.07 Å². The molecule has 17 heavy (non-hydrogen) atoms. The predicted molar refractivity (Wildman–Crippen MR) is 60.2 cm³/mol. The summed E-state index contributed by atoms with van der Waals surface area (Å²) in [5.41, 5.74) is 7.41. The number of aromatic nitrogens is 2. The number of rotatable bonds is 3. The van der Waals surface area contributed by atoms with Crippen LogP contribution in [-0.2, 0) is 11.2 Å². The minimum absolute atomic E-state index is 0.161. The van der Waals surface area contributed by atoms with E-state index in [0.29, 0.717) is 11.4 Å². The van der Waals surface area contributed by atoms with E-state index < -0.39 is 5.91 Å². The zero-order valence-corrected chi connectivity index (χ0v) is 8.96. The molecule has 1 radical (unpaired) electrons. The molecule has 0 aliphatic carbocycles. The van der Waals surface area contributed by atoms with Crippen LogP contribution in [0.1, 0.15) is 16.2 Å². The van der Waals surface area contributed by atoms with Crippen LogP contribution in [0.3, 0.4) is 0 Å². The molecule has 1 aromatic carbocycles. The van der Waals surface area contributed by atoms with Gasteiger partial charge in [0.2, 0.25) is 5.91 Å². The molecule has 85 valence electrons. The Morgan fingerprint density at radius 3 is 2.59 bits per heavy atom. The van der Waals surface area contributed by atoms with Gasteiger partial charge in [-0.3, -0.25) is 19.9 Å². The first kappa shape index (κ1) is 11.1. The van der Waals surface area contributed by atoms with Crippen LogP contribution < -0.4 is 5.73 Å². The van der Waals surface area contributed by atoms with Gasteiger partial charge in [0, 0.05) is 18.0 Å². The molecule has 0 unspecified atom stereocenters. The molecule has 0 saturated heterocycles. The number of carbonyl (C=O) groups excluding carboxylic acids is 2. The number of nitrogens with one attached hydrogen (secondary N) is 1. The third-order valence-corrected chi connectivity index (χ3v) is 2.28. The molecule has 1 amide bonds. The molecule has 0 saturated carbocycles. The number of carbonyl (C=O) groups is 2. The Hall–Kier alpha value is -2.43. The largest absolute Gasteiger partial charge is 0.273 e. The van der Waals surface area contributed by atoms with Crippen LogP contribution in [0.5, 0.6) is 0 Å². The molecule has 2 rings (SSSR count). The minimum Gasteiger partial charge on any atom is -0.273 e. The van der Waals surface area contributed by atoms with Crippen LogP contribution in [0.15, 0.2) is 42.7 Å². The molecule has 0 aliphatic heterocycles. The Labute approximate surface area is 97.9 Å². The zero-order valence-electron chi connectivity index (χ0n) is 8.96. The second-order valence-electron chi connectivity index (χ2n) is 3.48. The van der Waals surface area contributed by atoms with Gasteiger partial charge in [-0.25, -0.2) is 4.98 Å². The maximum atomic E-state index is 12.1. The molecule has 0 spiro atoms. The lowest BCUT2D eigenvalue weighted by atomic mass is 10.2. The van der Waals surface area contributed by atoms with Gasteiger partial charge in [-0.1, -0.05) is 18.2 Å². The van der Waals surface area contributed by atoms with Gasteiger partial charge in [0.1, 0.15) is 5.82 Å². The summed E-state index contributed by atoms with van der Waals surface area (Å²) in [5.74, 6) is -0.725. The average Bonchev–Trinajstić information content (AvgIpc) is 2.76. The Balaban J connectivity index is 2.32. The first-order valence-corrected chi connectivity index (χ1v) is 5.05. The van der Waals surface area contributed by atoms with E-state index in [2.05, 4.69) is 4.98 Å². The van der Waals surface area contributed by atoms with Crippen molar-refractivity contribution >= 4 is 11.8 Å². The number of benzene rings is 1. The predicted octanol–water partition coefficient (Wildman–Crippen LogP) is 0.924. The normalized spacial score (nSPS) is 10.1. The fourth-order valence-electron chi connectivity index (χ4n) is 1.51. The summed E-state index contributed by atoms with van der Waals surface area (Å²) in [6.45, 7) is 0. The quantitative estimate of drug-likeness (QED) is 0.783. The third kappa shape index (κ3) is 2.39. The fraction of sp³-hybridized carbons (Fsp3) is 0.0833. The van der Waals surface area contributed by atoms with Crippen molar-refractivity contribution in [3.05, 3.63) is 54.1 Å². The second kappa shape index (κ2) is 4.61. The highest BCUT2D eigenvalue weighted by molar-refractivity contribution is 5.96. The number of amides is 1. The first-order valence-electron chi connectivity index (χ1n) is 5.05. The fourth-order valence-corrected chi connectivity index (χ4v) is 1.51. The lowest BCUT2D eigenvalue weighted by molar-refractivity contribution is -0.118. The highest BCUT2D eigenvalue weighted by Gasteiger charge is 2.13. The van der Waals surface area contributed by atoms with E-state index >= 15 is 0 Å². The Morgan fingerprint density at radius 1 is 1.24 bits per heavy atom. The van der Waals surface area contributed by atoms with Gasteiger partial charge < -0.3 is 0 Å². The Kier molecular flexibility index (Phi) is 3.00. The summed E-state index contributed by atoms with van der Waals surface area (Å²) in [6.07, 6.45) is 2.78. The summed E-state index contributed by atoms with van der Waals surface area (Å²) in [7, 11) is 0. The standard InChI is InChI=1S/C12H10N3O2/c13-10(16)8-11-14-6-7-15(11)12(17)9-4-2-1-3-5-9/h1-7,13H,8H2. The monoisotopic (exact) mass is 228 g/mol. The lowest BCUT2D eigenvalue weighted by Gasteiger charge is -2.04.